The standard InChI is InChI=1S/C36H21N5O/c42-36-33-32(37-19-20-38-33)27-10-6-9-26-28-21-24(17-18-30(28)41(36)34(26)27)22-13-15-23(16-14-22)35-39-29-11-4-5-12-31(29)40(35)25-7-2-1-3-8-25/h1-21H. The molecule has 196 valence electrons. The van der Waals surface area contributed by atoms with Crippen LogP contribution in [0.1, 0.15) is 0 Å². The first-order valence-corrected chi connectivity index (χ1v) is 13.8. The highest BCUT2D eigenvalue weighted by molar-refractivity contribution is 6.19. The highest BCUT2D eigenvalue weighted by Gasteiger charge is 2.19. The number of rotatable bonds is 3. The van der Waals surface area contributed by atoms with Gasteiger partial charge in [0.1, 0.15) is 11.3 Å². The zero-order valence-corrected chi connectivity index (χ0v) is 22.3. The molecule has 6 nitrogen and oxygen atoms in total. The Morgan fingerprint density at radius 1 is 0.548 bits per heavy atom. The quantitative estimate of drug-likeness (QED) is 0.216. The molecule has 0 atom stereocenters. The lowest BCUT2D eigenvalue weighted by Crippen LogP contribution is -2.14. The van der Waals surface area contributed by atoms with Crippen molar-refractivity contribution in [3.05, 3.63) is 138 Å². The Bertz CT molecular complexity index is 2530. The number of para-hydroxylation sites is 4. The van der Waals surface area contributed by atoms with E-state index in [0.717, 1.165) is 66.4 Å². The Morgan fingerprint density at radius 3 is 2.12 bits per heavy atom. The van der Waals surface area contributed by atoms with Gasteiger partial charge in [0.15, 0.2) is 5.52 Å². The van der Waals surface area contributed by atoms with Crippen LogP contribution in [0.3, 0.4) is 0 Å². The lowest BCUT2D eigenvalue weighted by Gasteiger charge is -2.10. The molecular weight excluding hydrogens is 518 g/mol. The number of hydrogen-bond acceptors (Lipinski definition) is 4. The van der Waals surface area contributed by atoms with Gasteiger partial charge < -0.3 is 0 Å². The summed E-state index contributed by atoms with van der Waals surface area (Å²) in [6.45, 7) is 0. The lowest BCUT2D eigenvalue weighted by molar-refractivity contribution is 1.10. The van der Waals surface area contributed by atoms with Gasteiger partial charge in [-0.1, -0.05) is 78.9 Å². The molecule has 0 bridgehead atoms. The van der Waals surface area contributed by atoms with Gasteiger partial charge >= 0.3 is 0 Å². The van der Waals surface area contributed by atoms with Crippen LogP contribution in [0.4, 0.5) is 0 Å². The minimum atomic E-state index is -0.143. The van der Waals surface area contributed by atoms with Gasteiger partial charge in [0.2, 0.25) is 0 Å². The molecule has 5 aromatic carbocycles. The number of benzene rings is 5. The summed E-state index contributed by atoms with van der Waals surface area (Å²) in [6.07, 6.45) is 3.21. The molecular formula is C36H21N5O. The molecule has 0 saturated heterocycles. The monoisotopic (exact) mass is 539 g/mol. The summed E-state index contributed by atoms with van der Waals surface area (Å²) in [6, 6.07) is 39.5. The zero-order chi connectivity index (χ0) is 27.8. The van der Waals surface area contributed by atoms with Crippen molar-refractivity contribution in [2.45, 2.75) is 0 Å². The van der Waals surface area contributed by atoms with E-state index >= 15 is 0 Å². The van der Waals surface area contributed by atoms with Crippen molar-refractivity contribution in [1.29, 1.82) is 0 Å². The smallest absolute Gasteiger partial charge is 0.283 e. The topological polar surface area (TPSA) is 65.1 Å². The fraction of sp³-hybridized carbons (Fsp3) is 0. The predicted octanol–water partition coefficient (Wildman–Crippen LogP) is 7.66. The predicted molar refractivity (Wildman–Crippen MR) is 168 cm³/mol. The van der Waals surface area contributed by atoms with Crippen LogP contribution in [0, 0.1) is 0 Å². The fourth-order valence-corrected chi connectivity index (χ4v) is 6.32. The molecule has 4 heterocycles. The van der Waals surface area contributed by atoms with Gasteiger partial charge in [0.05, 0.1) is 22.1 Å². The molecule has 0 radical (unpaired) electrons. The van der Waals surface area contributed by atoms with Crippen molar-refractivity contribution in [1.82, 2.24) is 23.9 Å². The summed E-state index contributed by atoms with van der Waals surface area (Å²) in [5, 5.41) is 2.99. The minimum absolute atomic E-state index is 0.143. The van der Waals surface area contributed by atoms with E-state index < -0.39 is 0 Å². The van der Waals surface area contributed by atoms with Gasteiger partial charge in [0.25, 0.3) is 5.56 Å². The largest absolute Gasteiger partial charge is 0.292 e. The van der Waals surface area contributed by atoms with E-state index in [1.807, 2.05) is 48.5 Å². The number of fused-ring (bicyclic) bond motifs is 6. The van der Waals surface area contributed by atoms with Crippen molar-refractivity contribution >= 4 is 49.3 Å². The Morgan fingerprint density at radius 2 is 1.26 bits per heavy atom. The Kier molecular flexibility index (Phi) is 4.66. The molecule has 0 amide bonds. The molecule has 0 unspecified atom stereocenters. The van der Waals surface area contributed by atoms with E-state index in [1.54, 1.807) is 16.8 Å². The van der Waals surface area contributed by atoms with Crippen LogP contribution in [-0.2, 0) is 0 Å². The van der Waals surface area contributed by atoms with Crippen LogP contribution < -0.4 is 5.56 Å². The number of imidazole rings is 1. The van der Waals surface area contributed by atoms with Crippen molar-refractivity contribution < 1.29 is 0 Å². The Hall–Kier alpha value is -5.88. The van der Waals surface area contributed by atoms with Gasteiger partial charge in [-0.05, 0) is 47.5 Å². The second-order valence-corrected chi connectivity index (χ2v) is 10.5. The maximum Gasteiger partial charge on any atom is 0.283 e. The summed E-state index contributed by atoms with van der Waals surface area (Å²) in [5.74, 6) is 0.902. The highest BCUT2D eigenvalue weighted by Crippen LogP contribution is 2.36. The van der Waals surface area contributed by atoms with Crippen molar-refractivity contribution in [2.24, 2.45) is 0 Å². The molecule has 9 aromatic rings. The molecule has 0 saturated carbocycles. The first-order valence-electron chi connectivity index (χ1n) is 13.8. The second kappa shape index (κ2) is 8.56. The van der Waals surface area contributed by atoms with Crippen LogP contribution >= 0.6 is 0 Å². The lowest BCUT2D eigenvalue weighted by atomic mass is 10.0. The number of hydrogen-bond donors (Lipinski definition) is 0. The van der Waals surface area contributed by atoms with Gasteiger partial charge in [-0.3, -0.25) is 18.7 Å². The number of aromatic nitrogens is 5. The normalized spacial score (nSPS) is 11.9. The maximum atomic E-state index is 13.5. The summed E-state index contributed by atoms with van der Waals surface area (Å²) in [5.41, 5.74) is 8.95. The molecule has 0 aliphatic rings. The van der Waals surface area contributed by atoms with Crippen LogP contribution in [0.25, 0.3) is 77.5 Å². The molecule has 0 spiro atoms. The average molecular weight is 540 g/mol. The molecule has 0 N–H and O–H groups in total. The second-order valence-electron chi connectivity index (χ2n) is 10.5. The summed E-state index contributed by atoms with van der Waals surface area (Å²) >= 11 is 0. The average Bonchev–Trinajstić information content (AvgIpc) is 3.61. The number of nitrogens with zero attached hydrogens (tertiary/aromatic N) is 5. The van der Waals surface area contributed by atoms with E-state index in [9.17, 15) is 4.79 Å². The van der Waals surface area contributed by atoms with Crippen molar-refractivity contribution in [3.8, 4) is 28.2 Å². The Balaban J connectivity index is 1.21. The van der Waals surface area contributed by atoms with Crippen LogP contribution in [-0.4, -0.2) is 23.9 Å². The van der Waals surface area contributed by atoms with E-state index in [-0.39, 0.29) is 5.56 Å². The minimum Gasteiger partial charge on any atom is -0.292 e. The first-order chi connectivity index (χ1) is 20.8. The summed E-state index contributed by atoms with van der Waals surface area (Å²) in [7, 11) is 0. The van der Waals surface area contributed by atoms with Crippen LogP contribution in [0.2, 0.25) is 0 Å². The third-order valence-corrected chi connectivity index (χ3v) is 8.20. The summed E-state index contributed by atoms with van der Waals surface area (Å²) < 4.78 is 4.00. The van der Waals surface area contributed by atoms with E-state index in [4.69, 9.17) is 4.98 Å². The van der Waals surface area contributed by atoms with Gasteiger partial charge in [-0.2, -0.15) is 0 Å². The number of pyridine rings is 1. The van der Waals surface area contributed by atoms with Gasteiger partial charge in [-0.25, -0.2) is 9.97 Å². The molecule has 0 aliphatic carbocycles. The molecule has 9 rings (SSSR count). The first kappa shape index (κ1) is 22.9. The third kappa shape index (κ3) is 3.14. The summed E-state index contributed by atoms with van der Waals surface area (Å²) in [4.78, 5) is 27.4. The molecule has 4 aromatic heterocycles. The van der Waals surface area contributed by atoms with Gasteiger partial charge in [-0.15, -0.1) is 0 Å². The van der Waals surface area contributed by atoms with Crippen LogP contribution in [0.15, 0.2) is 132 Å². The van der Waals surface area contributed by atoms with Crippen LogP contribution in [0.5, 0.6) is 0 Å². The van der Waals surface area contributed by atoms with E-state index in [1.165, 1.54) is 0 Å². The molecule has 42 heavy (non-hydrogen) atoms. The maximum absolute atomic E-state index is 13.5. The molecule has 0 aliphatic heterocycles. The third-order valence-electron chi connectivity index (χ3n) is 8.20. The molecule has 0 fully saturated rings. The van der Waals surface area contributed by atoms with Crippen molar-refractivity contribution in [2.75, 3.05) is 0 Å². The fourth-order valence-electron chi connectivity index (χ4n) is 6.32. The van der Waals surface area contributed by atoms with E-state index in [0.29, 0.717) is 11.0 Å². The molecule has 6 heteroatoms. The Labute approximate surface area is 239 Å². The van der Waals surface area contributed by atoms with Crippen molar-refractivity contribution in [3.63, 3.8) is 0 Å². The SMILES string of the molecule is O=c1c2nccnc2c2cccc3c4cc(-c5ccc(-c6nc7ccccc7n6-c6ccccc6)cc5)ccc4n1c32. The van der Waals surface area contributed by atoms with E-state index in [2.05, 4.69) is 81.3 Å². The highest BCUT2D eigenvalue weighted by atomic mass is 16.1. The van der Waals surface area contributed by atoms with Gasteiger partial charge in [0, 0.05) is 39.8 Å². The zero-order valence-electron chi connectivity index (χ0n) is 22.3.